The van der Waals surface area contributed by atoms with Gasteiger partial charge in [0.15, 0.2) is 0 Å². The Balaban J connectivity index is 1.93. The van der Waals surface area contributed by atoms with Gasteiger partial charge in [0.2, 0.25) is 17.4 Å². The van der Waals surface area contributed by atoms with E-state index in [4.69, 9.17) is 0 Å². The van der Waals surface area contributed by atoms with E-state index in [9.17, 15) is 19.5 Å². The van der Waals surface area contributed by atoms with Gasteiger partial charge in [-0.15, -0.1) is 0 Å². The van der Waals surface area contributed by atoms with Gasteiger partial charge in [0.1, 0.15) is 24.0 Å². The summed E-state index contributed by atoms with van der Waals surface area (Å²) in [5, 5.41) is 14.9. The van der Waals surface area contributed by atoms with Crippen molar-refractivity contribution in [1.82, 2.24) is 4.90 Å². The zero-order valence-corrected chi connectivity index (χ0v) is 15.3. The highest BCUT2D eigenvalue weighted by atomic mass is 16.3. The summed E-state index contributed by atoms with van der Waals surface area (Å²) in [6.45, 7) is 7.02. The van der Waals surface area contributed by atoms with E-state index in [1.165, 1.54) is 4.90 Å². The number of benzene rings is 1. The van der Waals surface area contributed by atoms with Gasteiger partial charge in [-0.2, -0.15) is 0 Å². The third-order valence-corrected chi connectivity index (χ3v) is 5.94. The van der Waals surface area contributed by atoms with Crippen molar-refractivity contribution in [2.24, 2.45) is 11.8 Å². The maximum absolute atomic E-state index is 13.4. The zero-order chi connectivity index (χ0) is 19.0. The van der Waals surface area contributed by atoms with Crippen molar-refractivity contribution >= 4 is 23.4 Å². The number of carbonyl (C=O) groups is 3. The summed E-state index contributed by atoms with van der Waals surface area (Å²) < 4.78 is 0. The lowest BCUT2D eigenvalue weighted by molar-refractivity contribution is -0.738. The van der Waals surface area contributed by atoms with Crippen LogP contribution < -0.4 is 10.6 Å². The van der Waals surface area contributed by atoms with Crippen LogP contribution in [-0.4, -0.2) is 45.4 Å². The second-order valence-corrected chi connectivity index (χ2v) is 8.54. The van der Waals surface area contributed by atoms with E-state index in [-0.39, 0.29) is 17.7 Å². The summed E-state index contributed by atoms with van der Waals surface area (Å²) >= 11 is 0. The lowest BCUT2D eigenvalue weighted by Crippen LogP contribution is -3.00. The molecule has 1 aromatic carbocycles. The molecule has 7 nitrogen and oxygen atoms in total. The first-order valence-corrected chi connectivity index (χ1v) is 8.93. The molecule has 0 saturated carbocycles. The lowest BCUT2D eigenvalue weighted by atomic mass is 9.76. The average molecular weight is 358 g/mol. The van der Waals surface area contributed by atoms with Crippen LogP contribution >= 0.6 is 0 Å². The molecule has 0 aliphatic carbocycles. The van der Waals surface area contributed by atoms with Crippen LogP contribution in [0, 0.1) is 11.8 Å². The van der Waals surface area contributed by atoms with Crippen LogP contribution in [0.2, 0.25) is 0 Å². The Labute approximate surface area is 151 Å². The molecule has 0 radical (unpaired) electrons. The summed E-state index contributed by atoms with van der Waals surface area (Å²) in [5.74, 6) is -2.48. The highest BCUT2D eigenvalue weighted by Crippen LogP contribution is 2.50. The number of hydrogen-bond donors (Lipinski definition) is 3. The molecule has 1 aromatic rings. The molecule has 3 aliphatic heterocycles. The van der Waals surface area contributed by atoms with Crippen LogP contribution in [0.25, 0.3) is 0 Å². The molecule has 0 aromatic heterocycles. The first-order valence-electron chi connectivity index (χ1n) is 8.93. The first kappa shape index (κ1) is 17.2. The van der Waals surface area contributed by atoms with Crippen LogP contribution in [0.3, 0.4) is 0 Å². The Kier molecular flexibility index (Phi) is 3.40. The predicted molar refractivity (Wildman–Crippen MR) is 92.7 cm³/mol. The van der Waals surface area contributed by atoms with Gasteiger partial charge in [-0.25, -0.2) is 0 Å². The SMILES string of the molecule is C[C@@H](O)[C@@H]1[NH2+][C@]2(C(=O)Nc3ccccc32)[C@@H]2C(=O)N(C(C)(C)C)C(=O)[C@H]12. The van der Waals surface area contributed by atoms with Crippen LogP contribution in [0.5, 0.6) is 0 Å². The highest BCUT2D eigenvalue weighted by molar-refractivity contribution is 6.14. The standard InChI is InChI=1S/C19H23N3O4/c1-9(23)14-12-13(16(25)22(15(12)24)18(2,3)4)19(21-14)10-7-5-6-8-11(10)20-17(19)26/h5-9,12-14,21,23H,1-4H3,(H,20,26)/p+1/t9-,12+,13+,14+,19+/m1/s1. The monoisotopic (exact) mass is 358 g/mol. The number of aliphatic hydroxyl groups excluding tert-OH is 1. The van der Waals surface area contributed by atoms with E-state index in [1.54, 1.807) is 39.1 Å². The molecular formula is C19H24N3O4+. The van der Waals surface area contributed by atoms with Crippen LogP contribution in [0.15, 0.2) is 24.3 Å². The third-order valence-electron chi connectivity index (χ3n) is 5.94. The fourth-order valence-electron chi connectivity index (χ4n) is 4.94. The summed E-state index contributed by atoms with van der Waals surface area (Å²) in [6.07, 6.45) is -0.834. The molecule has 3 aliphatic rings. The number of carbonyl (C=O) groups excluding carboxylic acids is 3. The maximum atomic E-state index is 13.4. The molecule has 4 N–H and O–H groups in total. The molecule has 3 amide bonds. The van der Waals surface area contributed by atoms with Gasteiger partial charge in [0.05, 0.1) is 5.69 Å². The van der Waals surface area contributed by atoms with Crippen molar-refractivity contribution < 1.29 is 24.8 Å². The molecular weight excluding hydrogens is 334 g/mol. The number of likely N-dealkylation sites (tertiary alicyclic amines) is 1. The van der Waals surface area contributed by atoms with Crippen LogP contribution in [0.1, 0.15) is 33.3 Å². The number of rotatable bonds is 1. The highest BCUT2D eigenvalue weighted by Gasteiger charge is 2.75. The number of fused-ring (bicyclic) bond motifs is 4. The normalized spacial score (nSPS) is 34.3. The van der Waals surface area contributed by atoms with E-state index in [2.05, 4.69) is 5.32 Å². The Bertz CT molecular complexity index is 828. The van der Waals surface area contributed by atoms with Crippen molar-refractivity contribution in [3.63, 3.8) is 0 Å². The molecule has 3 heterocycles. The summed E-state index contributed by atoms with van der Waals surface area (Å²) in [4.78, 5) is 40.9. The van der Waals surface area contributed by atoms with Crippen LogP contribution in [-0.2, 0) is 19.9 Å². The molecule has 0 unspecified atom stereocenters. The maximum Gasteiger partial charge on any atom is 0.291 e. The van der Waals surface area contributed by atoms with Crippen molar-refractivity contribution in [1.29, 1.82) is 0 Å². The predicted octanol–water partition coefficient (Wildman–Crippen LogP) is -0.440. The Morgan fingerprint density at radius 3 is 2.46 bits per heavy atom. The van der Waals surface area contributed by atoms with E-state index in [0.29, 0.717) is 11.3 Å². The smallest absolute Gasteiger partial charge is 0.291 e. The summed E-state index contributed by atoms with van der Waals surface area (Å²) in [6, 6.07) is 6.70. The van der Waals surface area contributed by atoms with Gasteiger partial charge in [-0.1, -0.05) is 18.2 Å². The topological polar surface area (TPSA) is 103 Å². The largest absolute Gasteiger partial charge is 0.387 e. The number of hydrogen-bond acceptors (Lipinski definition) is 4. The molecule has 4 rings (SSSR count). The molecule has 7 heteroatoms. The minimum absolute atomic E-state index is 0.297. The zero-order valence-electron chi connectivity index (χ0n) is 15.3. The van der Waals surface area contributed by atoms with Gasteiger partial charge in [-0.3, -0.25) is 19.3 Å². The Hall–Kier alpha value is -2.25. The molecule has 1 spiro atoms. The van der Waals surface area contributed by atoms with Crippen molar-refractivity contribution in [3.05, 3.63) is 29.8 Å². The Morgan fingerprint density at radius 1 is 1.19 bits per heavy atom. The number of nitrogens with two attached hydrogens (primary N) is 1. The number of nitrogens with one attached hydrogen (secondary N) is 1. The fraction of sp³-hybridized carbons (Fsp3) is 0.526. The quantitative estimate of drug-likeness (QED) is 0.592. The van der Waals surface area contributed by atoms with Crippen molar-refractivity contribution in [2.45, 2.75) is 50.9 Å². The second-order valence-electron chi connectivity index (χ2n) is 8.54. The molecule has 26 heavy (non-hydrogen) atoms. The van der Waals surface area contributed by atoms with E-state index in [0.717, 1.165) is 0 Å². The molecule has 138 valence electrons. The number of imide groups is 1. The second kappa shape index (κ2) is 5.14. The molecule has 2 saturated heterocycles. The number of para-hydroxylation sites is 1. The van der Waals surface area contributed by atoms with E-state index in [1.807, 2.05) is 18.2 Å². The van der Waals surface area contributed by atoms with Gasteiger partial charge >= 0.3 is 0 Å². The summed E-state index contributed by atoms with van der Waals surface area (Å²) in [5.41, 5.74) is -0.527. The minimum Gasteiger partial charge on any atom is -0.387 e. The minimum atomic E-state index is -1.21. The van der Waals surface area contributed by atoms with Crippen molar-refractivity contribution in [2.75, 3.05) is 5.32 Å². The number of aliphatic hydroxyl groups is 1. The molecule has 5 atom stereocenters. The third kappa shape index (κ3) is 1.92. The fourth-order valence-corrected chi connectivity index (χ4v) is 4.94. The molecule has 0 bridgehead atoms. The van der Waals surface area contributed by atoms with Gasteiger partial charge in [0.25, 0.3) is 5.91 Å². The number of amides is 3. The van der Waals surface area contributed by atoms with Gasteiger partial charge in [-0.05, 0) is 33.8 Å². The number of quaternary nitrogens is 1. The number of anilines is 1. The van der Waals surface area contributed by atoms with Gasteiger partial charge in [0, 0.05) is 11.1 Å². The van der Waals surface area contributed by atoms with Crippen LogP contribution in [0.4, 0.5) is 5.69 Å². The average Bonchev–Trinajstić information content (AvgIpc) is 3.12. The molecule has 2 fully saturated rings. The van der Waals surface area contributed by atoms with Gasteiger partial charge < -0.3 is 15.7 Å². The summed E-state index contributed by atoms with van der Waals surface area (Å²) in [7, 11) is 0. The van der Waals surface area contributed by atoms with E-state index < -0.39 is 35.1 Å². The number of nitrogens with zero attached hydrogens (tertiary/aromatic N) is 1. The van der Waals surface area contributed by atoms with Crippen molar-refractivity contribution in [3.8, 4) is 0 Å². The first-order chi connectivity index (χ1) is 12.1. The lowest BCUT2D eigenvalue weighted by Gasteiger charge is -2.33. The van der Waals surface area contributed by atoms with E-state index >= 15 is 0 Å². The Morgan fingerprint density at radius 2 is 1.85 bits per heavy atom.